The van der Waals surface area contributed by atoms with Gasteiger partial charge in [-0.05, 0) is 32.6 Å². The fourth-order valence-electron chi connectivity index (χ4n) is 2.38. The highest BCUT2D eigenvalue weighted by Gasteiger charge is 2.40. The number of unbranched alkanes of at least 4 members (excludes halogenated alkanes) is 1. The van der Waals surface area contributed by atoms with Gasteiger partial charge >= 0.3 is 5.97 Å². The standard InChI is InChI=1S/C17H28O5/c1-4-5-6-7-8-9-10-12-17(20-3)13-11-15(21-22-17)14(2)16(18)19/h5-8,14-15H,4,9-13H2,1-3H3,(H,18,19). The maximum atomic E-state index is 11.0. The van der Waals surface area contributed by atoms with Crippen LogP contribution >= 0.6 is 0 Å². The van der Waals surface area contributed by atoms with Crippen LogP contribution in [0.3, 0.4) is 0 Å². The number of allylic oxidation sites excluding steroid dienone is 4. The summed E-state index contributed by atoms with van der Waals surface area (Å²) in [5, 5.41) is 9.00. The van der Waals surface area contributed by atoms with Crippen LogP contribution in [0, 0.1) is 5.92 Å². The summed E-state index contributed by atoms with van der Waals surface area (Å²) in [6.07, 6.45) is 12.8. The first kappa shape index (κ1) is 18.9. The molecule has 0 bridgehead atoms. The van der Waals surface area contributed by atoms with Gasteiger partial charge < -0.3 is 9.84 Å². The predicted octanol–water partition coefficient (Wildman–Crippen LogP) is 3.85. The average Bonchev–Trinajstić information content (AvgIpc) is 2.54. The van der Waals surface area contributed by atoms with E-state index in [1.807, 2.05) is 12.2 Å². The van der Waals surface area contributed by atoms with Gasteiger partial charge in [0.15, 0.2) is 0 Å². The minimum atomic E-state index is -0.871. The molecule has 5 heteroatoms. The van der Waals surface area contributed by atoms with Crippen molar-refractivity contribution in [3.05, 3.63) is 24.3 Å². The molecule has 0 radical (unpaired) electrons. The number of aliphatic carboxylic acids is 1. The second-order valence-electron chi connectivity index (χ2n) is 5.66. The Labute approximate surface area is 132 Å². The molecule has 3 atom stereocenters. The van der Waals surface area contributed by atoms with Gasteiger partial charge in [-0.1, -0.05) is 31.2 Å². The van der Waals surface area contributed by atoms with Crippen LogP contribution in [0.5, 0.6) is 0 Å². The van der Waals surface area contributed by atoms with Gasteiger partial charge in [0.05, 0.1) is 5.92 Å². The van der Waals surface area contributed by atoms with Crippen molar-refractivity contribution in [2.45, 2.75) is 64.3 Å². The highest BCUT2D eigenvalue weighted by molar-refractivity contribution is 5.70. The fraction of sp³-hybridized carbons (Fsp3) is 0.706. The Balaban J connectivity index is 2.36. The molecule has 0 amide bonds. The molecule has 1 N–H and O–H groups in total. The van der Waals surface area contributed by atoms with Gasteiger partial charge in [-0.25, -0.2) is 9.78 Å². The van der Waals surface area contributed by atoms with Crippen molar-refractivity contribution in [1.29, 1.82) is 0 Å². The molecule has 0 spiro atoms. The summed E-state index contributed by atoms with van der Waals surface area (Å²) in [6, 6.07) is 0. The molecule has 1 saturated heterocycles. The van der Waals surface area contributed by atoms with E-state index >= 15 is 0 Å². The predicted molar refractivity (Wildman–Crippen MR) is 84.2 cm³/mol. The Morgan fingerprint density at radius 3 is 2.73 bits per heavy atom. The summed E-state index contributed by atoms with van der Waals surface area (Å²) in [4.78, 5) is 21.7. The molecule has 0 saturated carbocycles. The Morgan fingerprint density at radius 2 is 2.18 bits per heavy atom. The molecule has 0 aromatic carbocycles. The second-order valence-corrected chi connectivity index (χ2v) is 5.66. The molecule has 1 aliphatic rings. The van der Waals surface area contributed by atoms with Crippen molar-refractivity contribution in [1.82, 2.24) is 0 Å². The van der Waals surface area contributed by atoms with Crippen LogP contribution in [0.1, 0.15) is 52.4 Å². The summed E-state index contributed by atoms with van der Waals surface area (Å²) < 4.78 is 5.48. The molecule has 22 heavy (non-hydrogen) atoms. The van der Waals surface area contributed by atoms with Crippen LogP contribution in [0.2, 0.25) is 0 Å². The Kier molecular flexibility index (Phi) is 8.38. The number of carboxylic acids is 1. The molecule has 5 nitrogen and oxygen atoms in total. The smallest absolute Gasteiger partial charge is 0.308 e. The maximum Gasteiger partial charge on any atom is 0.308 e. The number of methoxy groups -OCH3 is 1. The lowest BCUT2D eigenvalue weighted by molar-refractivity contribution is -0.469. The zero-order chi connectivity index (χ0) is 16.4. The van der Waals surface area contributed by atoms with Gasteiger partial charge in [-0.3, -0.25) is 4.79 Å². The van der Waals surface area contributed by atoms with Gasteiger partial charge in [0.1, 0.15) is 6.10 Å². The van der Waals surface area contributed by atoms with Crippen LogP contribution in [-0.2, 0) is 19.3 Å². The molecule has 1 aliphatic heterocycles. The first-order valence-corrected chi connectivity index (χ1v) is 7.98. The van der Waals surface area contributed by atoms with E-state index < -0.39 is 23.8 Å². The van der Waals surface area contributed by atoms with Crippen LogP contribution in [0.25, 0.3) is 0 Å². The fourth-order valence-corrected chi connectivity index (χ4v) is 2.38. The van der Waals surface area contributed by atoms with Crippen molar-refractivity contribution in [3.8, 4) is 0 Å². The van der Waals surface area contributed by atoms with E-state index in [1.54, 1.807) is 14.0 Å². The summed E-state index contributed by atoms with van der Waals surface area (Å²) in [5.74, 6) is -2.20. The van der Waals surface area contributed by atoms with E-state index in [1.165, 1.54) is 0 Å². The third-order valence-corrected chi connectivity index (χ3v) is 4.00. The highest BCUT2D eigenvalue weighted by atomic mass is 17.2. The summed E-state index contributed by atoms with van der Waals surface area (Å²) in [5.41, 5.74) is 0. The van der Waals surface area contributed by atoms with Crippen LogP contribution < -0.4 is 0 Å². The van der Waals surface area contributed by atoms with E-state index in [9.17, 15) is 4.79 Å². The van der Waals surface area contributed by atoms with E-state index in [2.05, 4.69) is 19.1 Å². The molecule has 1 fully saturated rings. The minimum Gasteiger partial charge on any atom is -0.481 e. The van der Waals surface area contributed by atoms with Crippen molar-refractivity contribution in [3.63, 3.8) is 0 Å². The molecule has 0 aromatic heterocycles. The number of hydrogen-bond acceptors (Lipinski definition) is 4. The Bertz CT molecular complexity index is 381. The van der Waals surface area contributed by atoms with E-state index in [0.717, 1.165) is 25.7 Å². The molecular formula is C17H28O5. The monoisotopic (exact) mass is 312 g/mol. The number of carboxylic acid groups (broad SMARTS) is 1. The molecule has 0 aromatic rings. The van der Waals surface area contributed by atoms with Gasteiger partial charge in [-0.2, -0.15) is 0 Å². The molecular weight excluding hydrogens is 284 g/mol. The third kappa shape index (κ3) is 5.91. The summed E-state index contributed by atoms with van der Waals surface area (Å²) in [6.45, 7) is 3.73. The third-order valence-electron chi connectivity index (χ3n) is 4.00. The van der Waals surface area contributed by atoms with Crippen LogP contribution in [0.4, 0.5) is 0 Å². The van der Waals surface area contributed by atoms with E-state index in [-0.39, 0.29) is 0 Å². The van der Waals surface area contributed by atoms with E-state index in [0.29, 0.717) is 12.8 Å². The number of ether oxygens (including phenoxy) is 1. The zero-order valence-electron chi connectivity index (χ0n) is 13.8. The quantitative estimate of drug-likeness (QED) is 0.398. The minimum absolute atomic E-state index is 0.417. The van der Waals surface area contributed by atoms with Crippen molar-refractivity contribution < 1.29 is 24.4 Å². The second kappa shape index (κ2) is 9.77. The largest absolute Gasteiger partial charge is 0.481 e. The normalized spacial score (nSPS) is 27.5. The van der Waals surface area contributed by atoms with Crippen molar-refractivity contribution in [2.24, 2.45) is 5.92 Å². The Hall–Kier alpha value is -1.17. The zero-order valence-corrected chi connectivity index (χ0v) is 13.8. The topological polar surface area (TPSA) is 65.0 Å². The summed E-state index contributed by atoms with van der Waals surface area (Å²) in [7, 11) is 1.60. The number of carbonyl (C=O) groups is 1. The van der Waals surface area contributed by atoms with Gasteiger partial charge in [-0.15, -0.1) is 0 Å². The van der Waals surface area contributed by atoms with Gasteiger partial charge in [0.2, 0.25) is 5.79 Å². The Morgan fingerprint density at radius 1 is 1.45 bits per heavy atom. The van der Waals surface area contributed by atoms with Crippen LogP contribution in [0.15, 0.2) is 24.3 Å². The van der Waals surface area contributed by atoms with Crippen molar-refractivity contribution in [2.75, 3.05) is 7.11 Å². The van der Waals surface area contributed by atoms with Gasteiger partial charge in [0, 0.05) is 20.0 Å². The first-order valence-electron chi connectivity index (χ1n) is 7.98. The van der Waals surface area contributed by atoms with Crippen LogP contribution in [-0.4, -0.2) is 30.1 Å². The SMILES string of the molecule is CCC=CC=CCCCC1(OC)CCC(C(C)C(=O)O)OO1. The molecule has 126 valence electrons. The lowest BCUT2D eigenvalue weighted by Crippen LogP contribution is -2.44. The number of hydrogen-bond donors (Lipinski definition) is 1. The molecule has 1 rings (SSSR count). The lowest BCUT2D eigenvalue weighted by atomic mass is 9.94. The maximum absolute atomic E-state index is 11.0. The lowest BCUT2D eigenvalue weighted by Gasteiger charge is -2.38. The number of rotatable bonds is 9. The van der Waals surface area contributed by atoms with Crippen molar-refractivity contribution >= 4 is 5.97 Å². The molecule has 0 aliphatic carbocycles. The van der Waals surface area contributed by atoms with Gasteiger partial charge in [0.25, 0.3) is 0 Å². The first-order chi connectivity index (χ1) is 10.5. The highest BCUT2D eigenvalue weighted by Crippen LogP contribution is 2.34. The summed E-state index contributed by atoms with van der Waals surface area (Å²) >= 11 is 0. The van der Waals surface area contributed by atoms with E-state index in [4.69, 9.17) is 19.6 Å². The average molecular weight is 312 g/mol. The molecule has 1 heterocycles. The molecule has 3 unspecified atom stereocenters.